The Balaban J connectivity index is 0.00000180. The third-order valence-corrected chi connectivity index (χ3v) is 2.65. The molecule has 0 aromatic heterocycles. The van der Waals surface area contributed by atoms with E-state index in [1.807, 2.05) is 54.6 Å². The predicted molar refractivity (Wildman–Crippen MR) is 79.6 cm³/mol. The Bertz CT molecular complexity index is 511. The Morgan fingerprint density at radius 2 is 1.42 bits per heavy atom. The van der Waals surface area contributed by atoms with E-state index in [1.165, 1.54) is 0 Å². The summed E-state index contributed by atoms with van der Waals surface area (Å²) in [7, 11) is 0. The predicted octanol–water partition coefficient (Wildman–Crippen LogP) is 3.11. The minimum Gasteiger partial charge on any atom is -0.384 e. The monoisotopic (exact) mass is 276 g/mol. The second-order valence-corrected chi connectivity index (χ2v) is 4.09. The SMILES string of the molecule is Cl.N=C(N)c1ccc(COCc2ccccc2)cc1. The highest BCUT2D eigenvalue weighted by atomic mass is 35.5. The fraction of sp³-hybridized carbons (Fsp3) is 0.133. The van der Waals surface area contributed by atoms with Crippen molar-refractivity contribution in [2.75, 3.05) is 0 Å². The summed E-state index contributed by atoms with van der Waals surface area (Å²) in [4.78, 5) is 0. The van der Waals surface area contributed by atoms with Gasteiger partial charge in [0.2, 0.25) is 0 Å². The highest BCUT2D eigenvalue weighted by Crippen LogP contribution is 2.07. The zero-order chi connectivity index (χ0) is 12.8. The molecule has 0 bridgehead atoms. The maximum Gasteiger partial charge on any atom is 0.122 e. The molecule has 0 unspecified atom stereocenters. The third-order valence-electron chi connectivity index (χ3n) is 2.65. The maximum atomic E-state index is 7.30. The second-order valence-electron chi connectivity index (χ2n) is 4.09. The molecule has 100 valence electrons. The molecule has 0 fully saturated rings. The van der Waals surface area contributed by atoms with Crippen molar-refractivity contribution in [3.63, 3.8) is 0 Å². The van der Waals surface area contributed by atoms with Crippen LogP contribution in [-0.2, 0) is 18.0 Å². The van der Waals surface area contributed by atoms with Gasteiger partial charge in [0, 0.05) is 5.56 Å². The van der Waals surface area contributed by atoms with Gasteiger partial charge in [0.25, 0.3) is 0 Å². The van der Waals surface area contributed by atoms with Crippen LogP contribution in [0.2, 0.25) is 0 Å². The summed E-state index contributed by atoms with van der Waals surface area (Å²) in [5.74, 6) is 0.0896. The van der Waals surface area contributed by atoms with Crippen molar-refractivity contribution >= 4 is 18.2 Å². The lowest BCUT2D eigenvalue weighted by Crippen LogP contribution is -2.10. The molecule has 0 amide bonds. The molecule has 0 saturated carbocycles. The third kappa shape index (κ3) is 4.73. The lowest BCUT2D eigenvalue weighted by molar-refractivity contribution is 0.107. The van der Waals surface area contributed by atoms with E-state index in [0.29, 0.717) is 13.2 Å². The van der Waals surface area contributed by atoms with Gasteiger partial charge >= 0.3 is 0 Å². The van der Waals surface area contributed by atoms with Crippen LogP contribution in [0.25, 0.3) is 0 Å². The maximum absolute atomic E-state index is 7.30. The molecule has 0 radical (unpaired) electrons. The van der Waals surface area contributed by atoms with Crippen LogP contribution < -0.4 is 5.73 Å². The molecule has 3 nitrogen and oxygen atoms in total. The molecule has 2 rings (SSSR count). The summed E-state index contributed by atoms with van der Waals surface area (Å²) < 4.78 is 5.62. The van der Waals surface area contributed by atoms with Gasteiger partial charge in [0.15, 0.2) is 0 Å². The molecule has 0 heterocycles. The Hall–Kier alpha value is -1.84. The minimum absolute atomic E-state index is 0. The van der Waals surface area contributed by atoms with Gasteiger partial charge in [0.1, 0.15) is 5.84 Å². The van der Waals surface area contributed by atoms with Crippen LogP contribution in [0, 0.1) is 5.41 Å². The van der Waals surface area contributed by atoms with Crippen LogP contribution in [-0.4, -0.2) is 5.84 Å². The van der Waals surface area contributed by atoms with Crippen LogP contribution in [0.1, 0.15) is 16.7 Å². The number of ether oxygens (including phenoxy) is 1. The van der Waals surface area contributed by atoms with Crippen LogP contribution in [0.4, 0.5) is 0 Å². The van der Waals surface area contributed by atoms with Crippen LogP contribution in [0.5, 0.6) is 0 Å². The fourth-order valence-corrected chi connectivity index (χ4v) is 1.64. The van der Waals surface area contributed by atoms with E-state index in [4.69, 9.17) is 15.9 Å². The smallest absolute Gasteiger partial charge is 0.122 e. The van der Waals surface area contributed by atoms with Crippen LogP contribution in [0.3, 0.4) is 0 Å². The van der Waals surface area contributed by atoms with Gasteiger partial charge in [-0.05, 0) is 11.1 Å². The minimum atomic E-state index is 0. The molecular weight excluding hydrogens is 260 g/mol. The number of hydrogen-bond acceptors (Lipinski definition) is 2. The number of benzene rings is 2. The molecule has 3 N–H and O–H groups in total. The quantitative estimate of drug-likeness (QED) is 0.651. The molecule has 0 saturated heterocycles. The molecule has 2 aromatic rings. The highest BCUT2D eigenvalue weighted by molar-refractivity contribution is 5.94. The van der Waals surface area contributed by atoms with Crippen molar-refractivity contribution in [3.8, 4) is 0 Å². The summed E-state index contributed by atoms with van der Waals surface area (Å²) in [6.07, 6.45) is 0. The molecule has 0 spiro atoms. The highest BCUT2D eigenvalue weighted by Gasteiger charge is 1.98. The summed E-state index contributed by atoms with van der Waals surface area (Å²) in [5, 5.41) is 7.30. The van der Waals surface area contributed by atoms with Crippen LogP contribution in [0.15, 0.2) is 54.6 Å². The average Bonchev–Trinajstić information content (AvgIpc) is 2.40. The van der Waals surface area contributed by atoms with Gasteiger partial charge in [-0.1, -0.05) is 54.6 Å². The first kappa shape index (κ1) is 15.2. The Kier molecular flexibility index (Phi) is 6.06. The van der Waals surface area contributed by atoms with Crippen molar-refractivity contribution < 1.29 is 4.74 Å². The number of nitrogens with one attached hydrogen (secondary N) is 1. The molecular formula is C15H17ClN2O. The van der Waals surface area contributed by atoms with Gasteiger partial charge in [-0.15, -0.1) is 12.4 Å². The first-order chi connectivity index (χ1) is 8.75. The van der Waals surface area contributed by atoms with E-state index >= 15 is 0 Å². The van der Waals surface area contributed by atoms with Crippen LogP contribution >= 0.6 is 12.4 Å². The molecule has 19 heavy (non-hydrogen) atoms. The van der Waals surface area contributed by atoms with E-state index in [-0.39, 0.29) is 18.2 Å². The number of nitrogen functional groups attached to an aromatic ring is 1. The standard InChI is InChI=1S/C15H16N2O.ClH/c16-15(17)14-8-6-13(7-9-14)11-18-10-12-4-2-1-3-5-12;/h1-9H,10-11H2,(H3,16,17);1H. The van der Waals surface area contributed by atoms with E-state index in [1.54, 1.807) is 0 Å². The molecule has 2 aromatic carbocycles. The Morgan fingerprint density at radius 1 is 0.895 bits per heavy atom. The Morgan fingerprint density at radius 3 is 1.95 bits per heavy atom. The summed E-state index contributed by atoms with van der Waals surface area (Å²) >= 11 is 0. The lowest BCUT2D eigenvalue weighted by Gasteiger charge is -2.05. The van der Waals surface area contributed by atoms with Gasteiger partial charge in [-0.3, -0.25) is 5.41 Å². The first-order valence-electron chi connectivity index (χ1n) is 5.81. The molecule has 0 aliphatic rings. The van der Waals surface area contributed by atoms with Gasteiger partial charge in [-0.2, -0.15) is 0 Å². The van der Waals surface area contributed by atoms with Gasteiger partial charge in [0.05, 0.1) is 13.2 Å². The number of hydrogen-bond donors (Lipinski definition) is 2. The summed E-state index contributed by atoms with van der Waals surface area (Å²) in [5.41, 5.74) is 8.37. The van der Waals surface area contributed by atoms with E-state index in [9.17, 15) is 0 Å². The normalized spacial score (nSPS) is 9.68. The number of rotatable bonds is 5. The average molecular weight is 277 g/mol. The molecule has 4 heteroatoms. The van der Waals surface area contributed by atoms with Crippen molar-refractivity contribution in [3.05, 3.63) is 71.3 Å². The van der Waals surface area contributed by atoms with Crippen molar-refractivity contribution in [2.24, 2.45) is 5.73 Å². The molecule has 0 atom stereocenters. The lowest BCUT2D eigenvalue weighted by atomic mass is 10.1. The number of halogens is 1. The second kappa shape index (κ2) is 7.56. The first-order valence-corrected chi connectivity index (χ1v) is 5.81. The van der Waals surface area contributed by atoms with E-state index in [2.05, 4.69) is 0 Å². The fourth-order valence-electron chi connectivity index (χ4n) is 1.64. The number of nitrogens with two attached hydrogens (primary N) is 1. The zero-order valence-corrected chi connectivity index (χ0v) is 11.3. The van der Waals surface area contributed by atoms with E-state index < -0.39 is 0 Å². The van der Waals surface area contributed by atoms with E-state index in [0.717, 1.165) is 16.7 Å². The summed E-state index contributed by atoms with van der Waals surface area (Å²) in [6.45, 7) is 1.17. The topological polar surface area (TPSA) is 59.1 Å². The van der Waals surface area contributed by atoms with Gasteiger partial charge in [-0.25, -0.2) is 0 Å². The van der Waals surface area contributed by atoms with Crippen molar-refractivity contribution in [2.45, 2.75) is 13.2 Å². The zero-order valence-electron chi connectivity index (χ0n) is 10.5. The number of amidine groups is 1. The van der Waals surface area contributed by atoms with Gasteiger partial charge < -0.3 is 10.5 Å². The molecule has 0 aliphatic carbocycles. The largest absolute Gasteiger partial charge is 0.384 e. The van der Waals surface area contributed by atoms with Crippen molar-refractivity contribution in [1.82, 2.24) is 0 Å². The molecule has 0 aliphatic heterocycles. The summed E-state index contributed by atoms with van der Waals surface area (Å²) in [6, 6.07) is 17.6. The van der Waals surface area contributed by atoms with Crippen molar-refractivity contribution in [1.29, 1.82) is 5.41 Å². The Labute approximate surface area is 119 Å².